The predicted octanol–water partition coefficient (Wildman–Crippen LogP) is 2.60. The molecule has 0 radical (unpaired) electrons. The van der Waals surface area contributed by atoms with Crippen molar-refractivity contribution in [2.75, 3.05) is 5.75 Å². The standard InChI is InChI=1S/C15H19N3O3S/c1-3-18-11(2)16-13-9-12-5-7-17(14(12)10-15(13)18)6-4-8-22(19,20)21/h5,7,9-10H,3-4,6,8H2,1-2H3,(H,19,20,21). The summed E-state index contributed by atoms with van der Waals surface area (Å²) >= 11 is 0. The predicted molar refractivity (Wildman–Crippen MR) is 86.7 cm³/mol. The van der Waals surface area contributed by atoms with Crippen LogP contribution >= 0.6 is 0 Å². The number of aryl methyl sites for hydroxylation is 3. The molecule has 2 aromatic heterocycles. The second-order valence-electron chi connectivity index (χ2n) is 5.45. The second kappa shape index (κ2) is 5.40. The van der Waals surface area contributed by atoms with E-state index >= 15 is 0 Å². The average molecular weight is 321 g/mol. The van der Waals surface area contributed by atoms with Gasteiger partial charge in [-0.05, 0) is 38.5 Å². The fourth-order valence-electron chi connectivity index (χ4n) is 2.94. The van der Waals surface area contributed by atoms with Crippen LogP contribution in [0.5, 0.6) is 0 Å². The zero-order valence-electron chi connectivity index (χ0n) is 12.7. The van der Waals surface area contributed by atoms with Crippen molar-refractivity contribution in [2.24, 2.45) is 0 Å². The molecular weight excluding hydrogens is 302 g/mol. The van der Waals surface area contributed by atoms with Crippen molar-refractivity contribution in [3.63, 3.8) is 0 Å². The molecule has 0 spiro atoms. The fraction of sp³-hybridized carbons (Fsp3) is 0.400. The zero-order chi connectivity index (χ0) is 15.9. The van der Waals surface area contributed by atoms with Gasteiger partial charge in [0, 0.05) is 24.7 Å². The van der Waals surface area contributed by atoms with Gasteiger partial charge >= 0.3 is 0 Å². The molecule has 0 saturated carbocycles. The number of imidazole rings is 1. The highest BCUT2D eigenvalue weighted by Crippen LogP contribution is 2.24. The van der Waals surface area contributed by atoms with E-state index in [1.54, 1.807) is 0 Å². The van der Waals surface area contributed by atoms with Gasteiger partial charge in [-0.25, -0.2) is 4.98 Å². The molecule has 118 valence electrons. The van der Waals surface area contributed by atoms with Gasteiger partial charge in [0.05, 0.1) is 22.3 Å². The highest BCUT2D eigenvalue weighted by Gasteiger charge is 2.10. The molecule has 3 rings (SSSR count). The number of aromatic nitrogens is 3. The second-order valence-corrected chi connectivity index (χ2v) is 7.02. The highest BCUT2D eigenvalue weighted by atomic mass is 32.2. The molecule has 0 unspecified atom stereocenters. The number of nitrogens with zero attached hydrogens (tertiary/aromatic N) is 3. The number of benzene rings is 1. The molecule has 0 bridgehead atoms. The Morgan fingerprint density at radius 1 is 1.27 bits per heavy atom. The first-order valence-electron chi connectivity index (χ1n) is 7.30. The summed E-state index contributed by atoms with van der Waals surface area (Å²) in [5, 5.41) is 1.08. The first kappa shape index (κ1) is 15.1. The summed E-state index contributed by atoms with van der Waals surface area (Å²) in [7, 11) is -3.90. The molecule has 0 saturated heterocycles. The van der Waals surface area contributed by atoms with Crippen LogP contribution in [0, 0.1) is 6.92 Å². The van der Waals surface area contributed by atoms with Crippen LogP contribution in [-0.2, 0) is 23.2 Å². The minimum atomic E-state index is -3.90. The van der Waals surface area contributed by atoms with Crippen molar-refractivity contribution >= 4 is 32.1 Å². The van der Waals surface area contributed by atoms with E-state index in [4.69, 9.17) is 4.55 Å². The van der Waals surface area contributed by atoms with Crippen molar-refractivity contribution in [1.29, 1.82) is 0 Å². The van der Waals surface area contributed by atoms with Crippen molar-refractivity contribution in [3.05, 3.63) is 30.2 Å². The summed E-state index contributed by atoms with van der Waals surface area (Å²) in [4.78, 5) is 4.58. The molecule has 0 aliphatic rings. The van der Waals surface area contributed by atoms with Gasteiger partial charge in [0.1, 0.15) is 5.82 Å². The molecule has 22 heavy (non-hydrogen) atoms. The summed E-state index contributed by atoms with van der Waals surface area (Å²) in [5.74, 6) is 0.768. The first-order chi connectivity index (χ1) is 10.4. The molecule has 2 heterocycles. The largest absolute Gasteiger partial charge is 0.347 e. The van der Waals surface area contributed by atoms with E-state index in [9.17, 15) is 8.42 Å². The molecule has 6 nitrogen and oxygen atoms in total. The van der Waals surface area contributed by atoms with E-state index in [-0.39, 0.29) is 5.75 Å². The zero-order valence-corrected chi connectivity index (χ0v) is 13.5. The Hall–Kier alpha value is -1.86. The van der Waals surface area contributed by atoms with Gasteiger partial charge in [0.25, 0.3) is 10.1 Å². The van der Waals surface area contributed by atoms with Crippen LogP contribution in [0.3, 0.4) is 0 Å². The van der Waals surface area contributed by atoms with Crippen LogP contribution in [0.2, 0.25) is 0 Å². The summed E-state index contributed by atoms with van der Waals surface area (Å²) in [6, 6.07) is 6.16. The van der Waals surface area contributed by atoms with Gasteiger partial charge in [-0.1, -0.05) is 0 Å². The quantitative estimate of drug-likeness (QED) is 0.733. The van der Waals surface area contributed by atoms with Gasteiger partial charge in [-0.15, -0.1) is 0 Å². The van der Waals surface area contributed by atoms with Crippen molar-refractivity contribution in [1.82, 2.24) is 14.1 Å². The lowest BCUT2D eigenvalue weighted by molar-refractivity contribution is 0.478. The monoisotopic (exact) mass is 321 g/mol. The van der Waals surface area contributed by atoms with E-state index in [0.717, 1.165) is 34.3 Å². The molecule has 1 aromatic carbocycles. The van der Waals surface area contributed by atoms with E-state index in [1.165, 1.54) is 0 Å². The van der Waals surface area contributed by atoms with E-state index in [1.807, 2.05) is 23.8 Å². The molecule has 0 fully saturated rings. The lowest BCUT2D eigenvalue weighted by Gasteiger charge is -2.06. The van der Waals surface area contributed by atoms with Crippen LogP contribution in [0.15, 0.2) is 24.4 Å². The average Bonchev–Trinajstić information content (AvgIpc) is 2.94. The lowest BCUT2D eigenvalue weighted by atomic mass is 10.2. The van der Waals surface area contributed by atoms with Gasteiger partial charge in [0.2, 0.25) is 0 Å². The molecule has 1 N–H and O–H groups in total. The molecule has 0 aliphatic heterocycles. The molecule has 3 aromatic rings. The number of fused-ring (bicyclic) bond motifs is 2. The molecular formula is C15H19N3O3S. The third kappa shape index (κ3) is 2.74. The third-order valence-corrected chi connectivity index (χ3v) is 4.75. The summed E-state index contributed by atoms with van der Waals surface area (Å²) in [6.07, 6.45) is 2.32. The summed E-state index contributed by atoms with van der Waals surface area (Å²) in [5.41, 5.74) is 3.11. The van der Waals surface area contributed by atoms with Crippen LogP contribution < -0.4 is 0 Å². The Bertz CT molecular complexity index is 938. The SMILES string of the molecule is CCn1c(C)nc2cc3ccn(CCCS(=O)(=O)O)c3cc21. The molecule has 0 atom stereocenters. The summed E-state index contributed by atoms with van der Waals surface area (Å²) in [6.45, 7) is 5.49. The lowest BCUT2D eigenvalue weighted by Crippen LogP contribution is -2.07. The maximum atomic E-state index is 10.8. The molecule has 7 heteroatoms. The first-order valence-corrected chi connectivity index (χ1v) is 8.91. The van der Waals surface area contributed by atoms with Crippen LogP contribution in [0.4, 0.5) is 0 Å². The number of hydrogen-bond acceptors (Lipinski definition) is 3. The van der Waals surface area contributed by atoms with E-state index in [0.29, 0.717) is 13.0 Å². The van der Waals surface area contributed by atoms with Gasteiger partial charge in [-0.2, -0.15) is 8.42 Å². The van der Waals surface area contributed by atoms with Gasteiger partial charge in [0.15, 0.2) is 0 Å². The maximum Gasteiger partial charge on any atom is 0.264 e. The minimum absolute atomic E-state index is 0.221. The number of rotatable bonds is 5. The van der Waals surface area contributed by atoms with Crippen LogP contribution in [-0.4, -0.2) is 32.8 Å². The molecule has 0 aliphatic carbocycles. The van der Waals surface area contributed by atoms with Crippen LogP contribution in [0.25, 0.3) is 21.9 Å². The highest BCUT2D eigenvalue weighted by molar-refractivity contribution is 7.85. The summed E-state index contributed by atoms with van der Waals surface area (Å²) < 4.78 is 34.6. The van der Waals surface area contributed by atoms with E-state index in [2.05, 4.69) is 28.6 Å². The van der Waals surface area contributed by atoms with Crippen molar-refractivity contribution in [2.45, 2.75) is 33.4 Å². The van der Waals surface area contributed by atoms with Crippen molar-refractivity contribution in [3.8, 4) is 0 Å². The topological polar surface area (TPSA) is 77.1 Å². The smallest absolute Gasteiger partial charge is 0.264 e. The Balaban J connectivity index is 2.00. The fourth-order valence-corrected chi connectivity index (χ4v) is 3.43. The molecule has 0 amide bonds. The minimum Gasteiger partial charge on any atom is -0.347 e. The normalized spacial score (nSPS) is 12.5. The van der Waals surface area contributed by atoms with E-state index < -0.39 is 10.1 Å². The number of hydrogen-bond donors (Lipinski definition) is 1. The Morgan fingerprint density at radius 2 is 2.05 bits per heavy atom. The Labute approximate surface area is 129 Å². The Morgan fingerprint density at radius 3 is 2.73 bits per heavy atom. The van der Waals surface area contributed by atoms with Crippen LogP contribution in [0.1, 0.15) is 19.2 Å². The maximum absolute atomic E-state index is 10.8. The van der Waals surface area contributed by atoms with Gasteiger partial charge < -0.3 is 9.13 Å². The Kier molecular flexibility index (Phi) is 3.70. The van der Waals surface area contributed by atoms with Gasteiger partial charge in [-0.3, -0.25) is 4.55 Å². The third-order valence-electron chi connectivity index (χ3n) is 3.95. The van der Waals surface area contributed by atoms with Crippen molar-refractivity contribution < 1.29 is 13.0 Å².